The first-order valence-electron chi connectivity index (χ1n) is 10.2. The van der Waals surface area contributed by atoms with E-state index >= 15 is 0 Å². The average Bonchev–Trinajstić information content (AvgIpc) is 3.35. The maximum Gasteiger partial charge on any atom is 0.255 e. The molecule has 1 unspecified atom stereocenters. The van der Waals surface area contributed by atoms with Crippen molar-refractivity contribution in [2.75, 3.05) is 13.1 Å². The Labute approximate surface area is 164 Å². The minimum atomic E-state index is -0.557. The van der Waals surface area contributed by atoms with Crippen molar-refractivity contribution in [1.82, 2.24) is 15.1 Å². The van der Waals surface area contributed by atoms with Crippen molar-refractivity contribution in [1.29, 1.82) is 0 Å². The second-order valence-electron chi connectivity index (χ2n) is 8.65. The van der Waals surface area contributed by atoms with E-state index in [9.17, 15) is 14.4 Å². The maximum absolute atomic E-state index is 13.0. The quantitative estimate of drug-likeness (QED) is 0.744. The third-order valence-electron chi connectivity index (χ3n) is 7.16. The second kappa shape index (κ2) is 6.67. The molecule has 7 nitrogen and oxygen atoms in total. The van der Waals surface area contributed by atoms with Crippen LogP contribution in [0.3, 0.4) is 0 Å². The van der Waals surface area contributed by atoms with Gasteiger partial charge in [-0.2, -0.15) is 0 Å². The number of benzene rings is 1. The van der Waals surface area contributed by atoms with Gasteiger partial charge in [-0.15, -0.1) is 0 Å². The average molecular weight is 382 g/mol. The van der Waals surface area contributed by atoms with Crippen molar-refractivity contribution in [3.63, 3.8) is 0 Å². The third kappa shape index (κ3) is 2.76. The summed E-state index contributed by atoms with van der Waals surface area (Å²) in [5.41, 5.74) is 8.81. The zero-order valence-electron chi connectivity index (χ0n) is 15.9. The molecule has 1 aromatic rings. The molecule has 3 N–H and O–H groups in total. The zero-order valence-corrected chi connectivity index (χ0v) is 15.9. The van der Waals surface area contributed by atoms with E-state index in [0.717, 1.165) is 25.2 Å². The summed E-state index contributed by atoms with van der Waals surface area (Å²) in [5.74, 6) is 0.646. The minimum Gasteiger partial charge on any atom is -0.330 e. The van der Waals surface area contributed by atoms with Gasteiger partial charge in [0.05, 0.1) is 0 Å². The molecule has 1 aromatic carbocycles. The van der Waals surface area contributed by atoms with Crippen LogP contribution in [0.1, 0.15) is 47.2 Å². The summed E-state index contributed by atoms with van der Waals surface area (Å²) in [6, 6.07) is 5.94. The van der Waals surface area contributed by atoms with E-state index in [1.807, 2.05) is 12.1 Å². The Hall–Kier alpha value is -2.25. The van der Waals surface area contributed by atoms with Gasteiger partial charge in [-0.3, -0.25) is 24.6 Å². The number of nitrogens with zero attached hydrogens (tertiary/aromatic N) is 2. The molecule has 3 fully saturated rings. The molecule has 2 bridgehead atoms. The van der Waals surface area contributed by atoms with Crippen LogP contribution in [0.25, 0.3) is 0 Å². The Bertz CT molecular complexity index is 854. The smallest absolute Gasteiger partial charge is 0.255 e. The monoisotopic (exact) mass is 382 g/mol. The van der Waals surface area contributed by atoms with E-state index in [1.165, 1.54) is 18.4 Å². The number of hydrogen-bond acceptors (Lipinski definition) is 5. The highest BCUT2D eigenvalue weighted by Crippen LogP contribution is 2.42. The first kappa shape index (κ1) is 17.8. The minimum absolute atomic E-state index is 0.0995. The molecule has 3 aliphatic heterocycles. The highest BCUT2D eigenvalue weighted by atomic mass is 16.2. The molecule has 2 saturated heterocycles. The number of nitrogens with one attached hydrogen (secondary N) is 1. The van der Waals surface area contributed by atoms with Crippen molar-refractivity contribution < 1.29 is 14.4 Å². The van der Waals surface area contributed by atoms with E-state index in [4.69, 9.17) is 5.73 Å². The van der Waals surface area contributed by atoms with Gasteiger partial charge in [-0.1, -0.05) is 12.1 Å². The number of amides is 3. The number of likely N-dealkylation sites (tertiary alicyclic amines) is 1. The SMILES string of the molecule is NC[C@@H]1C[C@@H]2C[C@H]1CN2Cc1cccc2c1CN(C1CCC(=O)NC1=O)C2=O. The van der Waals surface area contributed by atoms with Crippen LogP contribution in [0.4, 0.5) is 0 Å². The summed E-state index contributed by atoms with van der Waals surface area (Å²) < 4.78 is 0. The van der Waals surface area contributed by atoms with Crippen LogP contribution in [-0.4, -0.2) is 52.7 Å². The van der Waals surface area contributed by atoms with E-state index in [1.54, 1.807) is 4.90 Å². The molecule has 0 spiro atoms. The Morgan fingerprint density at radius 3 is 2.75 bits per heavy atom. The lowest BCUT2D eigenvalue weighted by Crippen LogP contribution is -2.52. The normalized spacial score (nSPS) is 32.2. The Morgan fingerprint density at radius 2 is 2.04 bits per heavy atom. The van der Waals surface area contributed by atoms with Crippen LogP contribution in [0.2, 0.25) is 0 Å². The van der Waals surface area contributed by atoms with Crippen molar-refractivity contribution in [2.45, 2.75) is 50.9 Å². The van der Waals surface area contributed by atoms with Crippen LogP contribution < -0.4 is 11.1 Å². The first-order valence-corrected chi connectivity index (χ1v) is 10.2. The van der Waals surface area contributed by atoms with Crippen molar-refractivity contribution in [2.24, 2.45) is 17.6 Å². The predicted octanol–water partition coefficient (Wildman–Crippen LogP) is 0.617. The number of hydrogen-bond donors (Lipinski definition) is 2. The van der Waals surface area contributed by atoms with Gasteiger partial charge < -0.3 is 10.6 Å². The van der Waals surface area contributed by atoms with Gasteiger partial charge in [0.15, 0.2) is 0 Å². The zero-order chi connectivity index (χ0) is 19.4. The second-order valence-corrected chi connectivity index (χ2v) is 8.65. The Balaban J connectivity index is 1.34. The number of imide groups is 1. The van der Waals surface area contributed by atoms with E-state index in [-0.39, 0.29) is 24.1 Å². The number of rotatable bonds is 4. The Kier molecular flexibility index (Phi) is 4.25. The summed E-state index contributed by atoms with van der Waals surface area (Å²) in [4.78, 5) is 40.8. The summed E-state index contributed by atoms with van der Waals surface area (Å²) >= 11 is 0. The van der Waals surface area contributed by atoms with Crippen LogP contribution in [0, 0.1) is 11.8 Å². The number of fused-ring (bicyclic) bond motifs is 3. The van der Waals surface area contributed by atoms with Crippen LogP contribution >= 0.6 is 0 Å². The molecule has 1 saturated carbocycles. The standard InChI is InChI=1S/C21H26N4O3/c22-8-13-6-15-7-14(13)10-24(15)9-12-2-1-3-16-17(12)11-25(21(16)28)18-4-5-19(26)23-20(18)27/h1-3,13-15,18H,4-11,22H2,(H,23,26,27)/t13-,14-,15+,18?/m0/s1. The number of nitrogens with two attached hydrogens (primary N) is 1. The van der Waals surface area contributed by atoms with Crippen molar-refractivity contribution in [3.05, 3.63) is 34.9 Å². The van der Waals surface area contributed by atoms with Gasteiger partial charge in [0.25, 0.3) is 5.91 Å². The number of carbonyl (C=O) groups is 3. The molecule has 5 rings (SSSR count). The molecule has 3 heterocycles. The lowest BCUT2D eigenvalue weighted by molar-refractivity contribution is -0.136. The van der Waals surface area contributed by atoms with E-state index < -0.39 is 6.04 Å². The van der Waals surface area contributed by atoms with Crippen molar-refractivity contribution in [3.8, 4) is 0 Å². The fourth-order valence-electron chi connectivity index (χ4n) is 5.65. The van der Waals surface area contributed by atoms with Crippen LogP contribution in [-0.2, 0) is 22.7 Å². The Morgan fingerprint density at radius 1 is 1.18 bits per heavy atom. The van der Waals surface area contributed by atoms with Gasteiger partial charge in [-0.25, -0.2) is 0 Å². The molecule has 1 aliphatic carbocycles. The lowest BCUT2D eigenvalue weighted by atomic mass is 9.94. The summed E-state index contributed by atoms with van der Waals surface area (Å²) in [6.45, 7) is 3.16. The van der Waals surface area contributed by atoms with E-state index in [2.05, 4.69) is 16.3 Å². The fourth-order valence-corrected chi connectivity index (χ4v) is 5.65. The molecule has 3 amide bonds. The number of piperidine rings is 2. The lowest BCUT2D eigenvalue weighted by Gasteiger charge is -2.31. The van der Waals surface area contributed by atoms with Gasteiger partial charge in [0, 0.05) is 37.7 Å². The van der Waals surface area contributed by atoms with Gasteiger partial charge in [-0.05, 0) is 54.8 Å². The fraction of sp³-hybridized carbons (Fsp3) is 0.571. The maximum atomic E-state index is 13.0. The molecular formula is C21H26N4O3. The highest BCUT2D eigenvalue weighted by molar-refractivity contribution is 6.05. The van der Waals surface area contributed by atoms with Crippen LogP contribution in [0.15, 0.2) is 18.2 Å². The van der Waals surface area contributed by atoms with Crippen molar-refractivity contribution >= 4 is 17.7 Å². The molecule has 4 aliphatic rings. The molecule has 28 heavy (non-hydrogen) atoms. The first-order chi connectivity index (χ1) is 13.5. The van der Waals surface area contributed by atoms with Gasteiger partial charge in [0.2, 0.25) is 11.8 Å². The summed E-state index contributed by atoms with van der Waals surface area (Å²) in [5, 5.41) is 2.36. The molecule has 7 heteroatoms. The topological polar surface area (TPSA) is 95.7 Å². The molecule has 0 aromatic heterocycles. The summed E-state index contributed by atoms with van der Waals surface area (Å²) in [6.07, 6.45) is 3.09. The number of carbonyl (C=O) groups excluding carboxylic acids is 3. The van der Waals surface area contributed by atoms with Gasteiger partial charge in [0.1, 0.15) is 6.04 Å². The highest BCUT2D eigenvalue weighted by Gasteiger charge is 2.44. The largest absolute Gasteiger partial charge is 0.330 e. The molecule has 0 radical (unpaired) electrons. The molecule has 4 atom stereocenters. The molecule has 148 valence electrons. The summed E-state index contributed by atoms with van der Waals surface area (Å²) in [7, 11) is 0. The molecular weight excluding hydrogens is 356 g/mol. The van der Waals surface area contributed by atoms with Crippen LogP contribution in [0.5, 0.6) is 0 Å². The predicted molar refractivity (Wildman–Crippen MR) is 102 cm³/mol. The van der Waals surface area contributed by atoms with E-state index in [0.29, 0.717) is 36.4 Å². The third-order valence-corrected chi connectivity index (χ3v) is 7.16. The van der Waals surface area contributed by atoms with Gasteiger partial charge >= 0.3 is 0 Å².